The van der Waals surface area contributed by atoms with E-state index in [2.05, 4.69) is 11.7 Å². The molecule has 0 bridgehead atoms. The molecular weight excluding hydrogens is 248 g/mol. The molecule has 6 nitrogen and oxygen atoms in total. The minimum absolute atomic E-state index is 0.0914. The van der Waals surface area contributed by atoms with Gasteiger partial charge in [0.1, 0.15) is 6.10 Å². The molecular formula is C13H22N2O4. The molecule has 0 aromatic rings. The van der Waals surface area contributed by atoms with Crippen molar-refractivity contribution >= 4 is 12.1 Å². The Labute approximate surface area is 113 Å². The van der Waals surface area contributed by atoms with Gasteiger partial charge in [-0.05, 0) is 26.2 Å². The average Bonchev–Trinajstić information content (AvgIpc) is 2.36. The lowest BCUT2D eigenvalue weighted by molar-refractivity contribution is -0.144. The van der Waals surface area contributed by atoms with Gasteiger partial charge in [-0.2, -0.15) is 0 Å². The van der Waals surface area contributed by atoms with Gasteiger partial charge in [-0.15, -0.1) is 0 Å². The minimum atomic E-state index is -0.255. The number of likely N-dealkylation sites (tertiary alicyclic amines) is 2. The van der Waals surface area contributed by atoms with Crippen LogP contribution in [0.4, 0.5) is 4.79 Å². The fraction of sp³-hybridized carbons (Fsp3) is 0.846. The second-order valence-corrected chi connectivity index (χ2v) is 5.31. The van der Waals surface area contributed by atoms with Gasteiger partial charge in [0.05, 0.1) is 13.7 Å². The summed E-state index contributed by atoms with van der Waals surface area (Å²) in [4.78, 5) is 26.8. The molecule has 0 aromatic carbocycles. The van der Waals surface area contributed by atoms with Crippen molar-refractivity contribution in [1.82, 2.24) is 9.80 Å². The van der Waals surface area contributed by atoms with E-state index in [9.17, 15) is 9.59 Å². The maximum absolute atomic E-state index is 12.0. The molecule has 6 heteroatoms. The summed E-state index contributed by atoms with van der Waals surface area (Å²) in [5, 5.41) is 0. The van der Waals surface area contributed by atoms with E-state index >= 15 is 0 Å². The van der Waals surface area contributed by atoms with Crippen LogP contribution >= 0.6 is 0 Å². The number of nitrogens with zero attached hydrogens (tertiary/aromatic N) is 2. The van der Waals surface area contributed by atoms with Crippen molar-refractivity contribution in [3.63, 3.8) is 0 Å². The summed E-state index contributed by atoms with van der Waals surface area (Å²) in [5.74, 6) is -0.255. The molecule has 2 fully saturated rings. The third-order valence-electron chi connectivity index (χ3n) is 3.81. The zero-order valence-corrected chi connectivity index (χ0v) is 11.6. The van der Waals surface area contributed by atoms with E-state index in [-0.39, 0.29) is 30.8 Å². The third-order valence-corrected chi connectivity index (χ3v) is 3.81. The predicted molar refractivity (Wildman–Crippen MR) is 68.7 cm³/mol. The number of rotatable bonds is 3. The van der Waals surface area contributed by atoms with Crippen LogP contribution in [0.25, 0.3) is 0 Å². The van der Waals surface area contributed by atoms with Gasteiger partial charge in [-0.25, -0.2) is 4.79 Å². The summed E-state index contributed by atoms with van der Waals surface area (Å²) in [6.07, 6.45) is 2.98. The number of ether oxygens (including phenoxy) is 2. The molecule has 0 N–H and O–H groups in total. The highest BCUT2D eigenvalue weighted by molar-refractivity contribution is 5.71. The highest BCUT2D eigenvalue weighted by Crippen LogP contribution is 2.19. The summed E-state index contributed by atoms with van der Waals surface area (Å²) < 4.78 is 10.0. The molecule has 19 heavy (non-hydrogen) atoms. The third kappa shape index (κ3) is 3.59. The summed E-state index contributed by atoms with van der Waals surface area (Å²) in [6.45, 7) is 4.35. The monoisotopic (exact) mass is 270 g/mol. The summed E-state index contributed by atoms with van der Waals surface area (Å²) in [7, 11) is 1.37. The van der Waals surface area contributed by atoms with Crippen LogP contribution in [0.2, 0.25) is 0 Å². The van der Waals surface area contributed by atoms with Crippen LogP contribution in [0.1, 0.15) is 26.2 Å². The van der Waals surface area contributed by atoms with Crippen molar-refractivity contribution in [3.8, 4) is 0 Å². The second-order valence-electron chi connectivity index (χ2n) is 5.31. The molecule has 2 heterocycles. The molecule has 1 unspecified atom stereocenters. The molecule has 0 aliphatic carbocycles. The number of piperidine rings is 1. The van der Waals surface area contributed by atoms with Gasteiger partial charge in [-0.3, -0.25) is 9.69 Å². The summed E-state index contributed by atoms with van der Waals surface area (Å²) in [6, 6.07) is 0.271. The van der Waals surface area contributed by atoms with E-state index in [1.165, 1.54) is 13.5 Å². The fourth-order valence-corrected chi connectivity index (χ4v) is 2.55. The van der Waals surface area contributed by atoms with Gasteiger partial charge in [0.2, 0.25) is 0 Å². The van der Waals surface area contributed by atoms with Gasteiger partial charge in [0.25, 0.3) is 0 Å². The number of amides is 1. The number of esters is 1. The molecule has 0 aromatic heterocycles. The Bertz CT molecular complexity index is 342. The highest BCUT2D eigenvalue weighted by Gasteiger charge is 2.34. The molecule has 2 saturated heterocycles. The topological polar surface area (TPSA) is 59.1 Å². The van der Waals surface area contributed by atoms with Gasteiger partial charge in [0, 0.05) is 25.7 Å². The van der Waals surface area contributed by atoms with Crippen LogP contribution in [-0.4, -0.2) is 67.3 Å². The second kappa shape index (κ2) is 6.23. The molecule has 2 aliphatic rings. The predicted octanol–water partition coefficient (Wildman–Crippen LogP) is 0.855. The van der Waals surface area contributed by atoms with Crippen molar-refractivity contribution < 1.29 is 19.1 Å². The fourth-order valence-electron chi connectivity index (χ4n) is 2.55. The van der Waals surface area contributed by atoms with E-state index in [0.29, 0.717) is 13.1 Å². The zero-order chi connectivity index (χ0) is 13.8. The lowest BCUT2D eigenvalue weighted by Crippen LogP contribution is -2.56. The molecule has 1 amide bonds. The molecule has 0 radical (unpaired) electrons. The molecule has 0 spiro atoms. The van der Waals surface area contributed by atoms with Gasteiger partial charge in [0.15, 0.2) is 0 Å². The van der Waals surface area contributed by atoms with E-state index in [0.717, 1.165) is 19.4 Å². The summed E-state index contributed by atoms with van der Waals surface area (Å²) >= 11 is 0. The van der Waals surface area contributed by atoms with E-state index in [4.69, 9.17) is 4.74 Å². The Balaban J connectivity index is 1.69. The minimum Gasteiger partial charge on any atom is -0.468 e. The maximum Gasteiger partial charge on any atom is 0.410 e. The zero-order valence-electron chi connectivity index (χ0n) is 11.6. The summed E-state index contributed by atoms with van der Waals surface area (Å²) in [5.41, 5.74) is 0. The van der Waals surface area contributed by atoms with Crippen LogP contribution in [0, 0.1) is 0 Å². The van der Waals surface area contributed by atoms with Crippen molar-refractivity contribution in [3.05, 3.63) is 0 Å². The SMILES string of the molecule is COC(=O)CN1CC(OC(=O)N2CCCCC2C)C1. The van der Waals surface area contributed by atoms with Crippen LogP contribution in [0.5, 0.6) is 0 Å². The molecule has 2 rings (SSSR count). The number of carbonyl (C=O) groups is 2. The molecule has 108 valence electrons. The van der Waals surface area contributed by atoms with Crippen molar-refractivity contribution in [2.45, 2.75) is 38.3 Å². The van der Waals surface area contributed by atoms with E-state index in [1.54, 1.807) is 0 Å². The Morgan fingerprint density at radius 3 is 2.63 bits per heavy atom. The number of carbonyl (C=O) groups excluding carboxylic acids is 2. The quantitative estimate of drug-likeness (QED) is 0.712. The first-order valence-corrected chi connectivity index (χ1v) is 6.86. The van der Waals surface area contributed by atoms with Crippen molar-refractivity contribution in [2.24, 2.45) is 0 Å². The normalized spacial score (nSPS) is 24.7. The Hall–Kier alpha value is -1.30. The Morgan fingerprint density at radius 1 is 1.26 bits per heavy atom. The lowest BCUT2D eigenvalue weighted by atomic mass is 10.0. The highest BCUT2D eigenvalue weighted by atomic mass is 16.6. The van der Waals surface area contributed by atoms with Crippen LogP contribution in [0.15, 0.2) is 0 Å². The lowest BCUT2D eigenvalue weighted by Gasteiger charge is -2.40. The van der Waals surface area contributed by atoms with Crippen LogP contribution < -0.4 is 0 Å². The maximum atomic E-state index is 12.0. The molecule has 1 atom stereocenters. The number of methoxy groups -OCH3 is 1. The average molecular weight is 270 g/mol. The molecule has 2 aliphatic heterocycles. The first kappa shape index (κ1) is 14.1. The molecule has 0 saturated carbocycles. The van der Waals surface area contributed by atoms with Crippen LogP contribution in [-0.2, 0) is 14.3 Å². The Kier molecular flexibility index (Phi) is 4.63. The Morgan fingerprint density at radius 2 is 2.00 bits per heavy atom. The van der Waals surface area contributed by atoms with E-state index < -0.39 is 0 Å². The van der Waals surface area contributed by atoms with Gasteiger partial charge in [-0.1, -0.05) is 0 Å². The van der Waals surface area contributed by atoms with Crippen LogP contribution in [0.3, 0.4) is 0 Å². The standard InChI is InChI=1S/C13H22N2O4/c1-10-5-3-4-6-15(10)13(17)19-11-7-14(8-11)9-12(16)18-2/h10-11H,3-9H2,1-2H3. The largest absolute Gasteiger partial charge is 0.468 e. The number of hydrogen-bond donors (Lipinski definition) is 0. The number of hydrogen-bond acceptors (Lipinski definition) is 5. The van der Waals surface area contributed by atoms with Crippen molar-refractivity contribution in [2.75, 3.05) is 33.3 Å². The first-order valence-electron chi connectivity index (χ1n) is 6.86. The van der Waals surface area contributed by atoms with Gasteiger partial charge < -0.3 is 14.4 Å². The first-order chi connectivity index (χ1) is 9.10. The smallest absolute Gasteiger partial charge is 0.410 e. The van der Waals surface area contributed by atoms with E-state index in [1.807, 2.05) is 9.80 Å². The van der Waals surface area contributed by atoms with Crippen molar-refractivity contribution in [1.29, 1.82) is 0 Å². The van der Waals surface area contributed by atoms with Gasteiger partial charge >= 0.3 is 12.1 Å².